The second kappa shape index (κ2) is 11.3. The topological polar surface area (TPSA) is 3.24 Å². The van der Waals surface area contributed by atoms with E-state index in [2.05, 4.69) is 175 Å². The van der Waals surface area contributed by atoms with E-state index in [0.29, 0.717) is 0 Å². The zero-order valence-electron chi connectivity index (χ0n) is 21.1. The second-order valence-corrected chi connectivity index (χ2v) is 11.2. The summed E-state index contributed by atoms with van der Waals surface area (Å²) in [6.45, 7) is 0. The molecule has 0 aromatic heterocycles. The Balaban J connectivity index is 1.58. The van der Waals surface area contributed by atoms with Crippen LogP contribution in [-0.4, -0.2) is 0 Å². The van der Waals surface area contributed by atoms with E-state index in [1.807, 2.05) is 0 Å². The first kappa shape index (κ1) is 23.9. The van der Waals surface area contributed by atoms with E-state index in [1.165, 1.54) is 27.0 Å². The highest BCUT2D eigenvalue weighted by Crippen LogP contribution is 2.43. The van der Waals surface area contributed by atoms with E-state index < -0.39 is 7.92 Å². The van der Waals surface area contributed by atoms with Crippen LogP contribution in [0.15, 0.2) is 170 Å². The van der Waals surface area contributed by atoms with E-state index in [4.69, 9.17) is 0 Å². The van der Waals surface area contributed by atoms with Gasteiger partial charge in [0.25, 0.3) is 0 Å². The molecule has 0 aliphatic heterocycles. The van der Waals surface area contributed by atoms with Crippen molar-refractivity contribution in [3.8, 4) is 11.1 Å². The van der Waals surface area contributed by atoms with Gasteiger partial charge in [-0.15, -0.1) is 0 Å². The summed E-state index contributed by atoms with van der Waals surface area (Å²) in [6.07, 6.45) is 0. The third-order valence-corrected chi connectivity index (χ3v) is 9.14. The van der Waals surface area contributed by atoms with E-state index in [9.17, 15) is 0 Å². The van der Waals surface area contributed by atoms with Crippen molar-refractivity contribution in [3.63, 3.8) is 0 Å². The van der Waals surface area contributed by atoms with Crippen LogP contribution in [-0.2, 0) is 0 Å². The SMILES string of the molecule is c1ccc(N(c2ccccc2)c2ccccc2-c2ccccc2P(c2ccccc2)c2ccccc2)cc1. The van der Waals surface area contributed by atoms with Crippen molar-refractivity contribution in [2.45, 2.75) is 0 Å². The molecular formula is C36H28NP. The maximum absolute atomic E-state index is 2.36. The van der Waals surface area contributed by atoms with Crippen LogP contribution in [0, 0.1) is 0 Å². The Bertz CT molecular complexity index is 1400. The summed E-state index contributed by atoms with van der Waals surface area (Å²) >= 11 is 0. The standard InChI is InChI=1S/C36H28NP/c1-5-17-29(18-6-1)37(30-19-7-2-8-20-30)35-27-15-13-25-33(35)34-26-14-16-28-36(34)38(31-21-9-3-10-22-31)32-23-11-4-12-24-32/h1-28H. The lowest BCUT2D eigenvalue weighted by Crippen LogP contribution is -2.22. The van der Waals surface area contributed by atoms with Crippen molar-refractivity contribution in [1.82, 2.24) is 0 Å². The van der Waals surface area contributed by atoms with Gasteiger partial charge in [0, 0.05) is 16.9 Å². The molecule has 38 heavy (non-hydrogen) atoms. The Morgan fingerprint density at radius 1 is 0.342 bits per heavy atom. The molecule has 182 valence electrons. The van der Waals surface area contributed by atoms with Gasteiger partial charge in [-0.3, -0.25) is 0 Å². The number of nitrogens with zero attached hydrogens (tertiary/aromatic N) is 1. The van der Waals surface area contributed by atoms with Crippen LogP contribution < -0.4 is 20.8 Å². The summed E-state index contributed by atoms with van der Waals surface area (Å²) < 4.78 is 0. The van der Waals surface area contributed by atoms with Gasteiger partial charge in [0.2, 0.25) is 0 Å². The lowest BCUT2D eigenvalue weighted by Gasteiger charge is -2.29. The fourth-order valence-corrected chi connectivity index (χ4v) is 7.42. The summed E-state index contributed by atoms with van der Waals surface area (Å²) in [6, 6.07) is 60.8. The largest absolute Gasteiger partial charge is 0.310 e. The number of rotatable bonds is 7. The van der Waals surface area contributed by atoms with Gasteiger partial charge in [0.15, 0.2) is 0 Å². The van der Waals surface area contributed by atoms with Gasteiger partial charge in [0.05, 0.1) is 5.69 Å². The third kappa shape index (κ3) is 4.90. The number of hydrogen-bond acceptors (Lipinski definition) is 1. The van der Waals surface area contributed by atoms with Crippen molar-refractivity contribution < 1.29 is 0 Å². The molecule has 0 aliphatic carbocycles. The Hall–Kier alpha value is -4.45. The third-order valence-electron chi connectivity index (χ3n) is 6.64. The summed E-state index contributed by atoms with van der Waals surface area (Å²) in [5.74, 6) is 0. The summed E-state index contributed by atoms with van der Waals surface area (Å²) in [7, 11) is -0.749. The zero-order chi connectivity index (χ0) is 25.6. The van der Waals surface area contributed by atoms with E-state index in [-0.39, 0.29) is 0 Å². The average molecular weight is 506 g/mol. The molecule has 0 bridgehead atoms. The summed E-state index contributed by atoms with van der Waals surface area (Å²) in [5.41, 5.74) is 5.91. The summed E-state index contributed by atoms with van der Waals surface area (Å²) in [4.78, 5) is 2.36. The van der Waals surface area contributed by atoms with Gasteiger partial charge in [-0.05, 0) is 59.7 Å². The first-order valence-corrected chi connectivity index (χ1v) is 14.2. The molecule has 2 heteroatoms. The highest BCUT2D eigenvalue weighted by atomic mass is 31.1. The molecule has 6 aromatic rings. The molecule has 0 fully saturated rings. The molecule has 0 saturated heterocycles. The molecule has 6 aromatic carbocycles. The quantitative estimate of drug-likeness (QED) is 0.196. The lowest BCUT2D eigenvalue weighted by molar-refractivity contribution is 1.28. The molecule has 0 aliphatic rings. The minimum atomic E-state index is -0.749. The predicted octanol–water partition coefficient (Wildman–Crippen LogP) is 8.58. The van der Waals surface area contributed by atoms with Crippen LogP contribution in [0.25, 0.3) is 11.1 Å². The molecule has 0 amide bonds. The highest BCUT2D eigenvalue weighted by Gasteiger charge is 2.23. The number of para-hydroxylation sites is 3. The summed E-state index contributed by atoms with van der Waals surface area (Å²) in [5, 5.41) is 4.05. The van der Waals surface area contributed by atoms with Crippen LogP contribution in [0.5, 0.6) is 0 Å². The molecule has 0 N–H and O–H groups in total. The number of benzene rings is 6. The van der Waals surface area contributed by atoms with Crippen LogP contribution >= 0.6 is 7.92 Å². The second-order valence-electron chi connectivity index (χ2n) is 9.05. The Morgan fingerprint density at radius 2 is 0.737 bits per heavy atom. The molecule has 1 nitrogen and oxygen atoms in total. The molecular weight excluding hydrogens is 477 g/mol. The van der Waals surface area contributed by atoms with Crippen LogP contribution in [0.3, 0.4) is 0 Å². The van der Waals surface area contributed by atoms with Crippen LogP contribution in [0.1, 0.15) is 0 Å². The van der Waals surface area contributed by atoms with Crippen LogP contribution in [0.4, 0.5) is 17.1 Å². The van der Waals surface area contributed by atoms with Gasteiger partial charge in [-0.1, -0.05) is 140 Å². The van der Waals surface area contributed by atoms with Gasteiger partial charge in [0.1, 0.15) is 0 Å². The molecule has 0 spiro atoms. The monoisotopic (exact) mass is 505 g/mol. The highest BCUT2D eigenvalue weighted by molar-refractivity contribution is 7.80. The predicted molar refractivity (Wildman–Crippen MR) is 165 cm³/mol. The maximum Gasteiger partial charge on any atom is 0.0540 e. The molecule has 6 rings (SSSR count). The van der Waals surface area contributed by atoms with Crippen LogP contribution in [0.2, 0.25) is 0 Å². The molecule has 0 saturated carbocycles. The van der Waals surface area contributed by atoms with Crippen molar-refractivity contribution in [2.75, 3.05) is 4.90 Å². The normalized spacial score (nSPS) is 10.9. The minimum absolute atomic E-state index is 0.749. The molecule has 0 radical (unpaired) electrons. The fourth-order valence-electron chi connectivity index (χ4n) is 4.96. The zero-order valence-corrected chi connectivity index (χ0v) is 22.0. The first-order valence-electron chi connectivity index (χ1n) is 12.9. The molecule has 0 atom stereocenters. The van der Waals surface area contributed by atoms with Crippen molar-refractivity contribution in [3.05, 3.63) is 170 Å². The smallest absolute Gasteiger partial charge is 0.0540 e. The molecule has 0 heterocycles. The minimum Gasteiger partial charge on any atom is -0.310 e. The van der Waals surface area contributed by atoms with Gasteiger partial charge >= 0.3 is 0 Å². The van der Waals surface area contributed by atoms with Gasteiger partial charge in [-0.2, -0.15) is 0 Å². The van der Waals surface area contributed by atoms with Gasteiger partial charge < -0.3 is 4.90 Å². The number of anilines is 3. The van der Waals surface area contributed by atoms with E-state index >= 15 is 0 Å². The van der Waals surface area contributed by atoms with E-state index in [1.54, 1.807) is 0 Å². The van der Waals surface area contributed by atoms with Crippen molar-refractivity contribution in [1.29, 1.82) is 0 Å². The Labute approximate surface area is 226 Å². The maximum atomic E-state index is 2.36. The Morgan fingerprint density at radius 3 is 1.26 bits per heavy atom. The average Bonchev–Trinajstić information content (AvgIpc) is 3.00. The van der Waals surface area contributed by atoms with Gasteiger partial charge in [-0.25, -0.2) is 0 Å². The first-order chi connectivity index (χ1) is 18.9. The Kier molecular flexibility index (Phi) is 7.11. The molecule has 0 unspecified atom stereocenters. The lowest BCUT2D eigenvalue weighted by atomic mass is 10.0. The van der Waals surface area contributed by atoms with Crippen molar-refractivity contribution >= 4 is 40.9 Å². The van der Waals surface area contributed by atoms with Crippen molar-refractivity contribution in [2.24, 2.45) is 0 Å². The fraction of sp³-hybridized carbons (Fsp3) is 0. The number of hydrogen-bond donors (Lipinski definition) is 0. The van der Waals surface area contributed by atoms with E-state index in [0.717, 1.165) is 17.1 Å².